The van der Waals surface area contributed by atoms with Crippen molar-refractivity contribution < 1.29 is 13.8 Å². The molecule has 132 valence electrons. The Hall–Kier alpha value is 0.450. The molecule has 1 aliphatic heterocycles. The first kappa shape index (κ1) is 20.5. The Morgan fingerprint density at radius 1 is 1.05 bits per heavy atom. The highest BCUT2D eigenvalue weighted by molar-refractivity contribution is 7.73. The zero-order valence-corrected chi connectivity index (χ0v) is 17.9. The van der Waals surface area contributed by atoms with Gasteiger partial charge in [-0.1, -0.05) is 34.6 Å². The summed E-state index contributed by atoms with van der Waals surface area (Å²) in [6.45, 7) is 19.9. The predicted octanol–water partition coefficient (Wildman–Crippen LogP) is 4.85. The standard InChI is InChI=1S/C17H36O3P2/c1-12-13(2)19-15(14(12)20-22(10,11)18)16(3,4)17(5,6)21(7,8)9/h12-15H,7H2,1-6,8-11H3/t12?,13?,14?,15-/m0/s1. The molecule has 0 radical (unpaired) electrons. The van der Waals surface area contributed by atoms with E-state index in [-0.39, 0.29) is 34.8 Å². The van der Waals surface area contributed by atoms with Crippen LogP contribution in [-0.4, -0.2) is 56.4 Å². The van der Waals surface area contributed by atoms with E-state index in [1.54, 1.807) is 13.3 Å². The van der Waals surface area contributed by atoms with Crippen molar-refractivity contribution in [2.75, 3.05) is 26.7 Å². The summed E-state index contributed by atoms with van der Waals surface area (Å²) in [5.41, 5.74) is -0.120. The molecule has 5 heteroatoms. The topological polar surface area (TPSA) is 35.5 Å². The summed E-state index contributed by atoms with van der Waals surface area (Å²) in [4.78, 5) is 0. The molecule has 0 spiro atoms. The molecule has 3 unspecified atom stereocenters. The molecule has 1 heterocycles. The van der Waals surface area contributed by atoms with Gasteiger partial charge in [-0.25, -0.2) is 0 Å². The van der Waals surface area contributed by atoms with Crippen molar-refractivity contribution in [3.8, 4) is 0 Å². The van der Waals surface area contributed by atoms with E-state index in [4.69, 9.17) is 9.26 Å². The number of hydrogen-bond acceptors (Lipinski definition) is 3. The molecular formula is C17H36O3P2. The average Bonchev–Trinajstić information content (AvgIpc) is 2.54. The van der Waals surface area contributed by atoms with E-state index in [0.717, 1.165) is 0 Å². The minimum atomic E-state index is -2.57. The van der Waals surface area contributed by atoms with E-state index in [0.29, 0.717) is 0 Å². The first-order valence-electron chi connectivity index (χ1n) is 8.09. The second kappa shape index (κ2) is 6.07. The van der Waals surface area contributed by atoms with Crippen LogP contribution in [0.3, 0.4) is 0 Å². The molecule has 0 amide bonds. The molecule has 0 aromatic carbocycles. The Kier molecular flexibility index (Phi) is 5.65. The van der Waals surface area contributed by atoms with Crippen LogP contribution in [0.2, 0.25) is 0 Å². The van der Waals surface area contributed by atoms with Gasteiger partial charge in [0.1, 0.15) is 0 Å². The van der Waals surface area contributed by atoms with Gasteiger partial charge in [0.25, 0.3) is 0 Å². The minimum absolute atomic E-state index is 0.0293. The lowest BCUT2D eigenvalue weighted by atomic mass is 9.72. The third kappa shape index (κ3) is 3.75. The van der Waals surface area contributed by atoms with Crippen molar-refractivity contribution >= 4 is 20.6 Å². The molecule has 1 aliphatic rings. The first-order chi connectivity index (χ1) is 9.52. The molecule has 1 saturated heterocycles. The van der Waals surface area contributed by atoms with E-state index in [9.17, 15) is 4.57 Å². The Morgan fingerprint density at radius 3 is 1.86 bits per heavy atom. The summed E-state index contributed by atoms with van der Waals surface area (Å²) in [5.74, 6) is 0.236. The van der Waals surface area contributed by atoms with Crippen molar-refractivity contribution in [3.63, 3.8) is 0 Å². The zero-order chi connectivity index (χ0) is 17.7. The largest absolute Gasteiger partial charge is 0.372 e. The van der Waals surface area contributed by atoms with Gasteiger partial charge in [-0.2, -0.15) is 0 Å². The molecule has 0 aliphatic carbocycles. The highest BCUT2D eigenvalue weighted by Crippen LogP contribution is 2.62. The summed E-state index contributed by atoms with van der Waals surface area (Å²) < 4.78 is 24.6. The van der Waals surface area contributed by atoms with Crippen molar-refractivity contribution in [2.24, 2.45) is 11.3 Å². The third-order valence-corrected chi connectivity index (χ3v) is 10.4. The van der Waals surface area contributed by atoms with Crippen LogP contribution in [0.4, 0.5) is 0 Å². The van der Waals surface area contributed by atoms with Gasteiger partial charge in [-0.3, -0.25) is 4.57 Å². The predicted molar refractivity (Wildman–Crippen MR) is 102 cm³/mol. The van der Waals surface area contributed by atoms with Gasteiger partial charge in [-0.05, 0) is 25.4 Å². The van der Waals surface area contributed by atoms with Gasteiger partial charge in [0.2, 0.25) is 0 Å². The van der Waals surface area contributed by atoms with E-state index in [2.05, 4.69) is 61.2 Å². The molecule has 1 fully saturated rings. The lowest BCUT2D eigenvalue weighted by Gasteiger charge is -2.52. The van der Waals surface area contributed by atoms with E-state index in [1.165, 1.54) is 0 Å². The summed E-state index contributed by atoms with van der Waals surface area (Å²) in [7, 11) is -2.57. The second-order valence-electron chi connectivity index (χ2n) is 8.91. The van der Waals surface area contributed by atoms with Gasteiger partial charge in [0, 0.05) is 24.7 Å². The van der Waals surface area contributed by atoms with E-state index >= 15 is 0 Å². The maximum atomic E-state index is 12.3. The van der Waals surface area contributed by atoms with Crippen LogP contribution >= 0.6 is 14.3 Å². The SMILES string of the molecule is C=P(C)(C)C(C)(C)C(C)(C)[C@H]1OC(C)C(C)C1OP(C)(C)=O. The van der Waals surface area contributed by atoms with Crippen LogP contribution in [0.5, 0.6) is 0 Å². The number of ether oxygens (including phenoxy) is 1. The highest BCUT2D eigenvalue weighted by atomic mass is 31.2. The van der Waals surface area contributed by atoms with Crippen LogP contribution < -0.4 is 0 Å². The summed E-state index contributed by atoms with van der Waals surface area (Å²) in [6, 6.07) is 0. The molecule has 0 aromatic rings. The molecule has 0 N–H and O–H groups in total. The lowest BCUT2D eigenvalue weighted by Crippen LogP contribution is -2.51. The van der Waals surface area contributed by atoms with Crippen LogP contribution in [0.1, 0.15) is 41.5 Å². The Morgan fingerprint density at radius 2 is 1.50 bits per heavy atom. The fourth-order valence-electron chi connectivity index (χ4n) is 3.13. The molecule has 22 heavy (non-hydrogen) atoms. The maximum Gasteiger partial charge on any atom is 0.197 e. The monoisotopic (exact) mass is 350 g/mol. The van der Waals surface area contributed by atoms with Crippen LogP contribution in [-0.2, 0) is 13.8 Å². The van der Waals surface area contributed by atoms with Crippen molar-refractivity contribution in [3.05, 3.63) is 0 Å². The Bertz CT molecular complexity index is 498. The Labute approximate surface area is 138 Å². The van der Waals surface area contributed by atoms with E-state index in [1.807, 2.05) is 0 Å². The highest BCUT2D eigenvalue weighted by Gasteiger charge is 2.55. The summed E-state index contributed by atoms with van der Waals surface area (Å²) in [5, 5.41) is 0.0293. The smallest absolute Gasteiger partial charge is 0.197 e. The third-order valence-electron chi connectivity index (χ3n) is 6.10. The van der Waals surface area contributed by atoms with Crippen molar-refractivity contribution in [1.82, 2.24) is 0 Å². The number of hydrogen-bond donors (Lipinski definition) is 0. The normalized spacial score (nSPS) is 31.5. The lowest BCUT2D eigenvalue weighted by molar-refractivity contribution is -0.0598. The fourth-order valence-corrected chi connectivity index (χ4v) is 5.70. The molecule has 3 nitrogen and oxygen atoms in total. The molecule has 4 atom stereocenters. The molecule has 0 saturated carbocycles. The molecule has 0 aromatic heterocycles. The second-order valence-corrected chi connectivity index (χ2v) is 16.1. The zero-order valence-electron chi connectivity index (χ0n) is 16.1. The molecular weight excluding hydrogens is 314 g/mol. The number of rotatable bonds is 5. The van der Waals surface area contributed by atoms with Gasteiger partial charge in [0.15, 0.2) is 7.37 Å². The van der Waals surface area contributed by atoms with E-state index < -0.39 is 14.3 Å². The van der Waals surface area contributed by atoms with Crippen LogP contribution in [0.25, 0.3) is 0 Å². The molecule has 0 bridgehead atoms. The minimum Gasteiger partial charge on any atom is -0.372 e. The van der Waals surface area contributed by atoms with Crippen LogP contribution in [0.15, 0.2) is 0 Å². The first-order valence-corrected chi connectivity index (χ1v) is 13.5. The van der Waals surface area contributed by atoms with Gasteiger partial charge >= 0.3 is 0 Å². The average molecular weight is 350 g/mol. The summed E-state index contributed by atoms with van der Waals surface area (Å²) in [6.07, 6.45) is 4.40. The van der Waals surface area contributed by atoms with Crippen molar-refractivity contribution in [1.29, 1.82) is 0 Å². The maximum absolute atomic E-state index is 12.3. The fraction of sp³-hybridized carbons (Fsp3) is 0.941. The van der Waals surface area contributed by atoms with Gasteiger partial charge in [-0.15, -0.1) is 13.2 Å². The van der Waals surface area contributed by atoms with Crippen molar-refractivity contribution in [2.45, 2.75) is 65.0 Å². The molecule has 1 rings (SSSR count). The van der Waals surface area contributed by atoms with Gasteiger partial charge in [0.05, 0.1) is 18.3 Å². The summed E-state index contributed by atoms with van der Waals surface area (Å²) >= 11 is 0. The van der Waals surface area contributed by atoms with Gasteiger partial charge < -0.3 is 9.26 Å². The Balaban J connectivity index is 3.26. The quantitative estimate of drug-likeness (QED) is 0.665. The van der Waals surface area contributed by atoms with Crippen LogP contribution in [0, 0.1) is 11.3 Å².